The molecule has 0 radical (unpaired) electrons. The maximum Gasteiger partial charge on any atom is 0.318 e. The second-order valence-electron chi connectivity index (χ2n) is 8.85. The van der Waals surface area contributed by atoms with Gasteiger partial charge in [0, 0.05) is 25.2 Å². The smallest absolute Gasteiger partial charge is 0.318 e. The molecule has 0 bridgehead atoms. The first kappa shape index (κ1) is 23.8. The molecular weight excluding hydrogens is 382 g/mol. The number of carbonyl (C=O) groups is 2. The molecule has 2 rings (SSSR count). The van der Waals surface area contributed by atoms with E-state index in [9.17, 15) is 9.59 Å². The number of hydrogen-bond acceptors (Lipinski definition) is 4. The molecule has 30 heavy (non-hydrogen) atoms. The minimum absolute atomic E-state index is 0.0315. The number of carbonyl (C=O) groups excluding carboxylic acids is 2. The molecule has 7 nitrogen and oxygen atoms in total. The first-order chi connectivity index (χ1) is 14.2. The Morgan fingerprint density at radius 2 is 1.73 bits per heavy atom. The van der Waals surface area contributed by atoms with Crippen LogP contribution >= 0.6 is 0 Å². The van der Waals surface area contributed by atoms with Crippen LogP contribution in [-0.2, 0) is 17.8 Å². The Balaban J connectivity index is 2.09. The topological polar surface area (TPSA) is 71.1 Å². The molecule has 7 heteroatoms. The summed E-state index contributed by atoms with van der Waals surface area (Å²) in [7, 11) is 3.23. The number of fused-ring (bicyclic) bond motifs is 1. The molecule has 1 aliphatic heterocycles. The van der Waals surface area contributed by atoms with Gasteiger partial charge < -0.3 is 24.6 Å². The molecule has 0 atom stereocenters. The van der Waals surface area contributed by atoms with Crippen LogP contribution in [0, 0.1) is 0 Å². The number of unbranched alkanes of at least 4 members (excludes halogenated alkanes) is 2. The second kappa shape index (κ2) is 10.5. The fourth-order valence-electron chi connectivity index (χ4n) is 3.56. The minimum atomic E-state index is -0.344. The molecule has 1 aromatic rings. The molecule has 1 aliphatic rings. The highest BCUT2D eigenvalue weighted by Gasteiger charge is 2.27. The van der Waals surface area contributed by atoms with Gasteiger partial charge in [-0.3, -0.25) is 4.79 Å². The van der Waals surface area contributed by atoms with Crippen molar-refractivity contribution in [3.63, 3.8) is 0 Å². The fraction of sp³-hybridized carbons (Fsp3) is 0.652. The van der Waals surface area contributed by atoms with Gasteiger partial charge in [0.15, 0.2) is 11.5 Å². The van der Waals surface area contributed by atoms with E-state index in [1.165, 1.54) is 5.56 Å². The highest BCUT2D eigenvalue weighted by molar-refractivity contribution is 5.84. The second-order valence-corrected chi connectivity index (χ2v) is 8.85. The van der Waals surface area contributed by atoms with Crippen molar-refractivity contribution in [1.29, 1.82) is 0 Å². The van der Waals surface area contributed by atoms with Crippen molar-refractivity contribution in [3.8, 4) is 11.5 Å². The van der Waals surface area contributed by atoms with Crippen LogP contribution in [0.1, 0.15) is 58.1 Å². The number of rotatable bonds is 8. The maximum absolute atomic E-state index is 13.0. The number of hydrogen-bond donors (Lipinski definition) is 1. The zero-order valence-electron chi connectivity index (χ0n) is 19.3. The number of ether oxygens (including phenoxy) is 2. The van der Waals surface area contributed by atoms with Crippen LogP contribution in [0.2, 0.25) is 0 Å². The summed E-state index contributed by atoms with van der Waals surface area (Å²) < 4.78 is 10.8. The van der Waals surface area contributed by atoms with E-state index in [2.05, 4.69) is 12.2 Å². The monoisotopic (exact) mass is 419 g/mol. The molecule has 0 saturated carbocycles. The lowest BCUT2D eigenvalue weighted by molar-refractivity contribution is -0.132. The van der Waals surface area contributed by atoms with Crippen LogP contribution in [0.25, 0.3) is 0 Å². The third-order valence-electron chi connectivity index (χ3n) is 5.20. The molecule has 0 fully saturated rings. The van der Waals surface area contributed by atoms with Gasteiger partial charge in [-0.05, 0) is 56.9 Å². The average molecular weight is 420 g/mol. The molecule has 3 amide bonds. The summed E-state index contributed by atoms with van der Waals surface area (Å²) in [5.74, 6) is 1.34. The molecule has 1 N–H and O–H groups in total. The van der Waals surface area contributed by atoms with E-state index < -0.39 is 0 Å². The van der Waals surface area contributed by atoms with E-state index in [4.69, 9.17) is 9.47 Å². The molecule has 0 spiro atoms. The van der Waals surface area contributed by atoms with E-state index >= 15 is 0 Å². The van der Waals surface area contributed by atoms with Crippen LogP contribution in [0.15, 0.2) is 12.1 Å². The molecule has 1 heterocycles. The van der Waals surface area contributed by atoms with Crippen LogP contribution in [0.4, 0.5) is 4.79 Å². The summed E-state index contributed by atoms with van der Waals surface area (Å²) in [6.45, 7) is 9.77. The Morgan fingerprint density at radius 1 is 1.10 bits per heavy atom. The van der Waals surface area contributed by atoms with E-state index in [0.717, 1.165) is 31.2 Å². The summed E-state index contributed by atoms with van der Waals surface area (Å²) in [5.41, 5.74) is 1.88. The fourth-order valence-corrected chi connectivity index (χ4v) is 3.56. The van der Waals surface area contributed by atoms with E-state index in [1.807, 2.05) is 37.8 Å². The van der Waals surface area contributed by atoms with E-state index in [0.29, 0.717) is 31.1 Å². The number of methoxy groups -OCH3 is 2. The van der Waals surface area contributed by atoms with Crippen molar-refractivity contribution in [2.45, 2.75) is 65.5 Å². The Kier molecular flexibility index (Phi) is 8.38. The largest absolute Gasteiger partial charge is 0.493 e. The molecule has 168 valence electrons. The SMILES string of the molecule is CCCCCN(CC(=O)N1CCc2cc(OC)c(OC)cc2C1)C(=O)NC(C)(C)C. The quantitative estimate of drug-likeness (QED) is 0.654. The number of nitrogens with one attached hydrogen (secondary N) is 1. The number of nitrogens with zero attached hydrogens (tertiary/aromatic N) is 2. The van der Waals surface area contributed by atoms with Gasteiger partial charge in [-0.1, -0.05) is 19.8 Å². The molecule has 1 aromatic carbocycles. The molecule has 0 aromatic heterocycles. The highest BCUT2D eigenvalue weighted by atomic mass is 16.5. The molecule has 0 aliphatic carbocycles. The predicted molar refractivity (Wildman–Crippen MR) is 118 cm³/mol. The van der Waals surface area contributed by atoms with Gasteiger partial charge in [-0.2, -0.15) is 0 Å². The van der Waals surface area contributed by atoms with Gasteiger partial charge in [0.2, 0.25) is 5.91 Å². The van der Waals surface area contributed by atoms with Crippen molar-refractivity contribution < 1.29 is 19.1 Å². The predicted octanol–water partition coefficient (Wildman–Crippen LogP) is 3.59. The minimum Gasteiger partial charge on any atom is -0.493 e. The van der Waals surface area contributed by atoms with E-state index in [-0.39, 0.29) is 24.0 Å². The summed E-state index contributed by atoms with van der Waals surface area (Å²) in [4.78, 5) is 29.3. The average Bonchev–Trinajstić information content (AvgIpc) is 2.70. The zero-order valence-corrected chi connectivity index (χ0v) is 19.3. The Hall–Kier alpha value is -2.44. The molecule has 0 unspecified atom stereocenters. The van der Waals surface area contributed by atoms with Gasteiger partial charge in [0.25, 0.3) is 0 Å². The lowest BCUT2D eigenvalue weighted by Gasteiger charge is -2.33. The van der Waals surface area contributed by atoms with Crippen molar-refractivity contribution in [2.24, 2.45) is 0 Å². The van der Waals surface area contributed by atoms with Crippen molar-refractivity contribution in [3.05, 3.63) is 23.3 Å². The number of amides is 3. The Morgan fingerprint density at radius 3 is 2.30 bits per heavy atom. The molecular formula is C23H37N3O4. The Bertz CT molecular complexity index is 743. The van der Waals surface area contributed by atoms with Crippen molar-refractivity contribution in [1.82, 2.24) is 15.1 Å². The van der Waals surface area contributed by atoms with Crippen LogP contribution < -0.4 is 14.8 Å². The maximum atomic E-state index is 13.0. The van der Waals surface area contributed by atoms with Crippen LogP contribution in [0.3, 0.4) is 0 Å². The highest BCUT2D eigenvalue weighted by Crippen LogP contribution is 2.33. The standard InChI is InChI=1S/C23H37N3O4/c1-7-8-9-11-26(22(28)24-23(2,3)4)16-21(27)25-12-10-17-13-19(29-5)20(30-6)14-18(17)15-25/h13-14H,7-12,15-16H2,1-6H3,(H,24,28). The number of urea groups is 1. The lowest BCUT2D eigenvalue weighted by Crippen LogP contribution is -2.52. The van der Waals surface area contributed by atoms with Crippen molar-refractivity contribution in [2.75, 3.05) is 33.9 Å². The number of benzene rings is 1. The summed E-state index contributed by atoms with van der Waals surface area (Å²) in [6, 6.07) is 3.75. The van der Waals surface area contributed by atoms with E-state index in [1.54, 1.807) is 19.1 Å². The summed E-state index contributed by atoms with van der Waals surface area (Å²) in [6.07, 6.45) is 3.75. The third kappa shape index (κ3) is 6.54. The van der Waals surface area contributed by atoms with Gasteiger partial charge in [-0.15, -0.1) is 0 Å². The van der Waals surface area contributed by atoms with Gasteiger partial charge in [0.1, 0.15) is 6.54 Å². The summed E-state index contributed by atoms with van der Waals surface area (Å²) in [5, 5.41) is 2.98. The van der Waals surface area contributed by atoms with Gasteiger partial charge in [0.05, 0.1) is 14.2 Å². The van der Waals surface area contributed by atoms with Gasteiger partial charge in [-0.25, -0.2) is 4.79 Å². The first-order valence-corrected chi connectivity index (χ1v) is 10.8. The van der Waals surface area contributed by atoms with Gasteiger partial charge >= 0.3 is 6.03 Å². The van der Waals surface area contributed by atoms with Crippen molar-refractivity contribution >= 4 is 11.9 Å². The zero-order chi connectivity index (χ0) is 22.3. The third-order valence-corrected chi connectivity index (χ3v) is 5.20. The first-order valence-electron chi connectivity index (χ1n) is 10.8. The van der Waals surface area contributed by atoms with Crippen LogP contribution in [0.5, 0.6) is 11.5 Å². The van der Waals surface area contributed by atoms with Crippen LogP contribution in [-0.4, -0.2) is 61.1 Å². The summed E-state index contributed by atoms with van der Waals surface area (Å²) >= 11 is 0. The normalized spacial score (nSPS) is 13.5. The Labute approximate surface area is 180 Å². The molecule has 0 saturated heterocycles. The lowest BCUT2D eigenvalue weighted by atomic mass is 9.98.